The molecular weight excluding hydrogens is 182 g/mol. The second-order valence-corrected chi connectivity index (χ2v) is 2.92. The molecule has 0 aliphatic rings. The van der Waals surface area contributed by atoms with Crippen molar-refractivity contribution in [3.63, 3.8) is 0 Å². The number of phenols is 1. The van der Waals surface area contributed by atoms with Crippen LogP contribution in [0.4, 0.5) is 0 Å². The summed E-state index contributed by atoms with van der Waals surface area (Å²) in [5.74, 6) is 0.738. The van der Waals surface area contributed by atoms with Gasteiger partial charge < -0.3 is 20.7 Å². The van der Waals surface area contributed by atoms with Gasteiger partial charge in [-0.15, -0.1) is 0 Å². The van der Waals surface area contributed by atoms with Crippen molar-refractivity contribution in [2.75, 3.05) is 13.2 Å². The normalized spacial score (nSPS) is 10.1. The second-order valence-electron chi connectivity index (χ2n) is 2.92. The standard InChI is InChI=1S/C10H15NO3/c11-7-8-2-3-9(6-10(8)13)14-5-1-4-12/h2-3,6,12-13H,1,4-5,7,11H2. The zero-order chi connectivity index (χ0) is 10.4. The summed E-state index contributed by atoms with van der Waals surface area (Å²) in [6.07, 6.45) is 0.583. The maximum atomic E-state index is 9.44. The molecule has 0 fully saturated rings. The van der Waals surface area contributed by atoms with Crippen molar-refractivity contribution in [3.8, 4) is 11.5 Å². The van der Waals surface area contributed by atoms with E-state index in [1.165, 1.54) is 6.07 Å². The topological polar surface area (TPSA) is 75.7 Å². The Bertz CT molecular complexity index is 289. The maximum Gasteiger partial charge on any atom is 0.123 e. The molecular formula is C10H15NO3. The molecule has 4 nitrogen and oxygen atoms in total. The molecule has 0 saturated heterocycles. The molecule has 78 valence electrons. The number of aliphatic hydroxyl groups is 1. The summed E-state index contributed by atoms with van der Waals surface area (Å²) < 4.78 is 5.27. The Balaban J connectivity index is 2.57. The van der Waals surface area contributed by atoms with E-state index in [2.05, 4.69) is 0 Å². The van der Waals surface area contributed by atoms with Crippen molar-refractivity contribution in [3.05, 3.63) is 23.8 Å². The average molecular weight is 197 g/mol. The monoisotopic (exact) mass is 197 g/mol. The summed E-state index contributed by atoms with van der Waals surface area (Å²) in [6.45, 7) is 0.855. The summed E-state index contributed by atoms with van der Waals surface area (Å²) in [4.78, 5) is 0. The molecule has 0 saturated carbocycles. The quantitative estimate of drug-likeness (QED) is 0.604. The Morgan fingerprint density at radius 1 is 1.36 bits per heavy atom. The number of nitrogens with two attached hydrogens (primary N) is 1. The number of hydrogen-bond acceptors (Lipinski definition) is 4. The zero-order valence-corrected chi connectivity index (χ0v) is 7.94. The predicted molar refractivity (Wildman–Crippen MR) is 53.2 cm³/mol. The molecule has 4 N–H and O–H groups in total. The molecule has 0 atom stereocenters. The van der Waals surface area contributed by atoms with Crippen molar-refractivity contribution >= 4 is 0 Å². The van der Waals surface area contributed by atoms with Gasteiger partial charge >= 0.3 is 0 Å². The van der Waals surface area contributed by atoms with Crippen molar-refractivity contribution in [1.82, 2.24) is 0 Å². The van der Waals surface area contributed by atoms with Gasteiger partial charge in [-0.05, 0) is 6.07 Å². The third kappa shape index (κ3) is 2.90. The highest BCUT2D eigenvalue weighted by Crippen LogP contribution is 2.23. The molecule has 14 heavy (non-hydrogen) atoms. The van der Waals surface area contributed by atoms with Crippen LogP contribution >= 0.6 is 0 Å². The Hall–Kier alpha value is -1.26. The molecule has 0 amide bonds. The highest BCUT2D eigenvalue weighted by atomic mass is 16.5. The van der Waals surface area contributed by atoms with Crippen LogP contribution in [0.3, 0.4) is 0 Å². The van der Waals surface area contributed by atoms with Gasteiger partial charge in [-0.1, -0.05) is 6.07 Å². The molecule has 0 aliphatic carbocycles. The number of benzene rings is 1. The van der Waals surface area contributed by atoms with Crippen molar-refractivity contribution < 1.29 is 14.9 Å². The first-order valence-corrected chi connectivity index (χ1v) is 4.53. The van der Waals surface area contributed by atoms with Gasteiger partial charge in [0.25, 0.3) is 0 Å². The number of phenolic OH excluding ortho intramolecular Hbond substituents is 1. The van der Waals surface area contributed by atoms with E-state index >= 15 is 0 Å². The maximum absolute atomic E-state index is 9.44. The van der Waals surface area contributed by atoms with E-state index in [0.29, 0.717) is 30.9 Å². The van der Waals surface area contributed by atoms with Crippen LogP contribution in [0.15, 0.2) is 18.2 Å². The number of aliphatic hydroxyl groups excluding tert-OH is 1. The van der Waals surface area contributed by atoms with E-state index < -0.39 is 0 Å². The molecule has 0 bridgehead atoms. The number of hydrogen-bond donors (Lipinski definition) is 3. The van der Waals surface area contributed by atoms with Crippen LogP contribution in [0.1, 0.15) is 12.0 Å². The largest absolute Gasteiger partial charge is 0.507 e. The first-order chi connectivity index (χ1) is 6.77. The van der Waals surface area contributed by atoms with E-state index in [1.54, 1.807) is 12.1 Å². The van der Waals surface area contributed by atoms with Gasteiger partial charge in [-0.2, -0.15) is 0 Å². The third-order valence-corrected chi connectivity index (χ3v) is 1.85. The molecule has 1 rings (SSSR count). The summed E-state index contributed by atoms with van der Waals surface area (Å²) in [5, 5.41) is 18.0. The first-order valence-electron chi connectivity index (χ1n) is 4.53. The number of aromatic hydroxyl groups is 1. The van der Waals surface area contributed by atoms with E-state index in [-0.39, 0.29) is 12.4 Å². The van der Waals surface area contributed by atoms with E-state index in [9.17, 15) is 5.11 Å². The van der Waals surface area contributed by atoms with Crippen LogP contribution in [-0.4, -0.2) is 23.4 Å². The summed E-state index contributed by atoms with van der Waals surface area (Å²) in [6, 6.07) is 5.00. The van der Waals surface area contributed by atoms with Gasteiger partial charge in [-0.25, -0.2) is 0 Å². The fourth-order valence-corrected chi connectivity index (χ4v) is 1.06. The minimum atomic E-state index is 0.104. The Labute approximate surface area is 82.9 Å². The molecule has 4 heteroatoms. The SMILES string of the molecule is NCc1ccc(OCCCO)cc1O. The van der Waals surface area contributed by atoms with Gasteiger partial charge in [-0.3, -0.25) is 0 Å². The highest BCUT2D eigenvalue weighted by Gasteiger charge is 2.01. The summed E-state index contributed by atoms with van der Waals surface area (Å²) in [5.41, 5.74) is 6.08. The molecule has 1 aromatic carbocycles. The lowest BCUT2D eigenvalue weighted by Crippen LogP contribution is -2.01. The van der Waals surface area contributed by atoms with E-state index in [4.69, 9.17) is 15.6 Å². The fourth-order valence-electron chi connectivity index (χ4n) is 1.06. The molecule has 0 aliphatic heterocycles. The zero-order valence-electron chi connectivity index (χ0n) is 7.94. The lowest BCUT2D eigenvalue weighted by Gasteiger charge is -2.07. The Morgan fingerprint density at radius 3 is 2.71 bits per heavy atom. The van der Waals surface area contributed by atoms with Crippen LogP contribution in [0.25, 0.3) is 0 Å². The van der Waals surface area contributed by atoms with E-state index in [0.717, 1.165) is 0 Å². The minimum Gasteiger partial charge on any atom is -0.507 e. The Morgan fingerprint density at radius 2 is 2.14 bits per heavy atom. The highest BCUT2D eigenvalue weighted by molar-refractivity contribution is 5.39. The van der Waals surface area contributed by atoms with Gasteiger partial charge in [0.2, 0.25) is 0 Å². The lowest BCUT2D eigenvalue weighted by atomic mass is 10.2. The number of rotatable bonds is 5. The summed E-state index contributed by atoms with van der Waals surface area (Å²) in [7, 11) is 0. The summed E-state index contributed by atoms with van der Waals surface area (Å²) >= 11 is 0. The second kappa shape index (κ2) is 5.47. The van der Waals surface area contributed by atoms with Crippen LogP contribution < -0.4 is 10.5 Å². The molecule has 0 unspecified atom stereocenters. The lowest BCUT2D eigenvalue weighted by molar-refractivity contribution is 0.233. The fraction of sp³-hybridized carbons (Fsp3) is 0.400. The first kappa shape index (κ1) is 10.8. The van der Waals surface area contributed by atoms with Gasteiger partial charge in [0.1, 0.15) is 11.5 Å². The van der Waals surface area contributed by atoms with Crippen LogP contribution in [-0.2, 0) is 6.54 Å². The van der Waals surface area contributed by atoms with Crippen molar-refractivity contribution in [2.24, 2.45) is 5.73 Å². The van der Waals surface area contributed by atoms with Crippen LogP contribution in [0.5, 0.6) is 11.5 Å². The Kier molecular flexibility index (Phi) is 4.22. The van der Waals surface area contributed by atoms with Crippen LogP contribution in [0, 0.1) is 0 Å². The molecule has 0 heterocycles. The number of ether oxygens (including phenoxy) is 1. The van der Waals surface area contributed by atoms with Crippen molar-refractivity contribution in [2.45, 2.75) is 13.0 Å². The average Bonchev–Trinajstić information content (AvgIpc) is 2.18. The van der Waals surface area contributed by atoms with E-state index in [1.807, 2.05) is 0 Å². The molecule has 0 spiro atoms. The third-order valence-electron chi connectivity index (χ3n) is 1.85. The minimum absolute atomic E-state index is 0.104. The van der Waals surface area contributed by atoms with Crippen molar-refractivity contribution in [1.29, 1.82) is 0 Å². The predicted octanol–water partition coefficient (Wildman–Crippen LogP) is 0.612. The van der Waals surface area contributed by atoms with Crippen LogP contribution in [0.2, 0.25) is 0 Å². The van der Waals surface area contributed by atoms with Gasteiger partial charge in [0.05, 0.1) is 6.61 Å². The van der Waals surface area contributed by atoms with Gasteiger partial charge in [0, 0.05) is 31.2 Å². The molecule has 0 aromatic heterocycles. The smallest absolute Gasteiger partial charge is 0.123 e. The molecule has 1 aromatic rings. The molecule has 0 radical (unpaired) electrons. The van der Waals surface area contributed by atoms with Gasteiger partial charge in [0.15, 0.2) is 0 Å².